The minimum atomic E-state index is -0.376. The molecule has 0 bridgehead atoms. The smallest absolute Gasteiger partial charge is 0.166 e. The van der Waals surface area contributed by atoms with Crippen molar-refractivity contribution >= 4 is 0 Å². The van der Waals surface area contributed by atoms with Gasteiger partial charge in [0.25, 0.3) is 0 Å². The van der Waals surface area contributed by atoms with Crippen LogP contribution in [0.4, 0.5) is 0 Å². The molecular weight excluding hydrogens is 290 g/mol. The molecule has 0 saturated heterocycles. The van der Waals surface area contributed by atoms with Crippen LogP contribution in [0.2, 0.25) is 0 Å². The average Bonchev–Trinajstić information content (AvgIpc) is 2.55. The van der Waals surface area contributed by atoms with Gasteiger partial charge >= 0.3 is 0 Å². The molecule has 0 heterocycles. The molecule has 2 rings (SSSR count). The summed E-state index contributed by atoms with van der Waals surface area (Å²) in [6.45, 7) is 5.96. The molecule has 23 heavy (non-hydrogen) atoms. The highest BCUT2D eigenvalue weighted by molar-refractivity contribution is 5.46. The van der Waals surface area contributed by atoms with Crippen LogP contribution in [0.25, 0.3) is 0 Å². The predicted molar refractivity (Wildman–Crippen MR) is 91.8 cm³/mol. The molecule has 2 aromatic rings. The van der Waals surface area contributed by atoms with Gasteiger partial charge in [0.2, 0.25) is 0 Å². The van der Waals surface area contributed by atoms with Gasteiger partial charge in [0.15, 0.2) is 11.5 Å². The lowest BCUT2D eigenvalue weighted by Gasteiger charge is -2.17. The van der Waals surface area contributed by atoms with Gasteiger partial charge in [-0.05, 0) is 25.5 Å². The maximum absolute atomic E-state index is 9.37. The van der Waals surface area contributed by atoms with Crippen LogP contribution in [-0.4, -0.2) is 24.4 Å². The van der Waals surface area contributed by atoms with Crippen molar-refractivity contribution in [1.29, 1.82) is 0 Å². The average molecular weight is 315 g/mol. The summed E-state index contributed by atoms with van der Waals surface area (Å²) in [5.74, 6) is 1.51. The summed E-state index contributed by atoms with van der Waals surface area (Å²) in [6, 6.07) is 15.9. The lowest BCUT2D eigenvalue weighted by Crippen LogP contribution is -2.24. The van der Waals surface area contributed by atoms with Crippen molar-refractivity contribution in [2.75, 3.05) is 13.2 Å². The van der Waals surface area contributed by atoms with Crippen molar-refractivity contribution < 1.29 is 14.6 Å². The molecule has 2 aromatic carbocycles. The van der Waals surface area contributed by atoms with Crippen LogP contribution in [0.3, 0.4) is 0 Å². The number of rotatable bonds is 9. The summed E-state index contributed by atoms with van der Waals surface area (Å²) < 4.78 is 11.7. The van der Waals surface area contributed by atoms with Crippen LogP contribution < -0.4 is 14.8 Å². The monoisotopic (exact) mass is 315 g/mol. The van der Waals surface area contributed by atoms with Gasteiger partial charge in [0, 0.05) is 18.7 Å². The molecule has 0 aliphatic heterocycles. The highest BCUT2D eigenvalue weighted by Crippen LogP contribution is 2.32. The summed E-state index contributed by atoms with van der Waals surface area (Å²) in [7, 11) is 0. The molecule has 4 nitrogen and oxygen atoms in total. The van der Waals surface area contributed by atoms with E-state index in [1.165, 1.54) is 0 Å². The number of aliphatic hydroxyl groups excluding tert-OH is 1. The molecule has 0 aromatic heterocycles. The molecule has 0 aliphatic rings. The number of para-hydroxylation sites is 1. The maximum Gasteiger partial charge on any atom is 0.166 e. The Balaban J connectivity index is 2.12. The summed E-state index contributed by atoms with van der Waals surface area (Å²) in [5, 5.41) is 12.6. The zero-order valence-electron chi connectivity index (χ0n) is 13.8. The first-order valence-corrected chi connectivity index (χ1v) is 8.01. The van der Waals surface area contributed by atoms with Crippen molar-refractivity contribution in [3.63, 3.8) is 0 Å². The van der Waals surface area contributed by atoms with Crippen molar-refractivity contribution in [1.82, 2.24) is 5.32 Å². The maximum atomic E-state index is 9.37. The van der Waals surface area contributed by atoms with Crippen molar-refractivity contribution in [3.05, 3.63) is 59.7 Å². The van der Waals surface area contributed by atoms with Gasteiger partial charge in [0.05, 0.1) is 12.7 Å². The fourth-order valence-electron chi connectivity index (χ4n) is 2.28. The highest BCUT2D eigenvalue weighted by atomic mass is 16.5. The van der Waals surface area contributed by atoms with E-state index in [0.717, 1.165) is 22.6 Å². The number of hydrogen-bond donors (Lipinski definition) is 2. The Morgan fingerprint density at radius 2 is 1.83 bits per heavy atom. The standard InChI is InChI=1S/C19H25NO3/c1-3-22-18-11-7-10-17(13-20-12-15(2)21)19(18)23-14-16-8-5-4-6-9-16/h4-11,15,20-21H,3,12-14H2,1-2H3/t15-/m1/s1. The van der Waals surface area contributed by atoms with Crippen LogP contribution in [0.15, 0.2) is 48.5 Å². The molecule has 2 N–H and O–H groups in total. The summed E-state index contributed by atoms with van der Waals surface area (Å²) in [6.07, 6.45) is -0.376. The van der Waals surface area contributed by atoms with Gasteiger partial charge in [-0.2, -0.15) is 0 Å². The van der Waals surface area contributed by atoms with Crippen molar-refractivity contribution in [2.24, 2.45) is 0 Å². The normalized spacial score (nSPS) is 12.0. The highest BCUT2D eigenvalue weighted by Gasteiger charge is 2.11. The number of ether oxygens (including phenoxy) is 2. The molecule has 4 heteroatoms. The van der Waals surface area contributed by atoms with E-state index in [-0.39, 0.29) is 6.10 Å². The Labute approximate surface area is 138 Å². The first-order chi connectivity index (χ1) is 11.2. The molecule has 124 valence electrons. The third kappa shape index (κ3) is 5.58. The number of aliphatic hydroxyl groups is 1. The summed E-state index contributed by atoms with van der Waals surface area (Å²) in [5.41, 5.74) is 2.13. The van der Waals surface area contributed by atoms with Crippen LogP contribution in [-0.2, 0) is 13.2 Å². The first-order valence-electron chi connectivity index (χ1n) is 8.01. The van der Waals surface area contributed by atoms with Gasteiger partial charge in [-0.15, -0.1) is 0 Å². The topological polar surface area (TPSA) is 50.7 Å². The van der Waals surface area contributed by atoms with Gasteiger partial charge in [0.1, 0.15) is 6.61 Å². The third-order valence-corrected chi connectivity index (χ3v) is 3.34. The van der Waals surface area contributed by atoms with E-state index in [1.807, 2.05) is 55.5 Å². The van der Waals surface area contributed by atoms with Crippen LogP contribution in [0.1, 0.15) is 25.0 Å². The van der Waals surface area contributed by atoms with Crippen LogP contribution >= 0.6 is 0 Å². The van der Waals surface area contributed by atoms with E-state index in [2.05, 4.69) is 5.32 Å². The summed E-state index contributed by atoms with van der Waals surface area (Å²) in [4.78, 5) is 0. The molecule has 0 fully saturated rings. The van der Waals surface area contributed by atoms with E-state index in [0.29, 0.717) is 26.3 Å². The number of benzene rings is 2. The Morgan fingerprint density at radius 1 is 1.04 bits per heavy atom. The van der Waals surface area contributed by atoms with E-state index < -0.39 is 0 Å². The fourth-order valence-corrected chi connectivity index (χ4v) is 2.28. The van der Waals surface area contributed by atoms with Crippen molar-refractivity contribution in [2.45, 2.75) is 33.1 Å². The second-order valence-corrected chi connectivity index (χ2v) is 5.43. The zero-order valence-corrected chi connectivity index (χ0v) is 13.8. The third-order valence-electron chi connectivity index (χ3n) is 3.34. The molecular formula is C19H25NO3. The fraction of sp³-hybridized carbons (Fsp3) is 0.368. The Bertz CT molecular complexity index is 584. The molecule has 0 amide bonds. The minimum absolute atomic E-state index is 0.376. The Kier molecular flexibility index (Phi) is 6.91. The summed E-state index contributed by atoms with van der Waals surface area (Å²) >= 11 is 0. The largest absolute Gasteiger partial charge is 0.490 e. The van der Waals surface area contributed by atoms with Gasteiger partial charge in [-0.3, -0.25) is 0 Å². The van der Waals surface area contributed by atoms with Gasteiger partial charge < -0.3 is 19.9 Å². The Morgan fingerprint density at radius 3 is 2.52 bits per heavy atom. The van der Waals surface area contributed by atoms with E-state index in [4.69, 9.17) is 9.47 Å². The molecule has 0 aliphatic carbocycles. The second-order valence-electron chi connectivity index (χ2n) is 5.43. The second kappa shape index (κ2) is 9.18. The first kappa shape index (κ1) is 17.3. The van der Waals surface area contributed by atoms with E-state index >= 15 is 0 Å². The quantitative estimate of drug-likeness (QED) is 0.746. The van der Waals surface area contributed by atoms with Crippen molar-refractivity contribution in [3.8, 4) is 11.5 Å². The molecule has 0 saturated carbocycles. The van der Waals surface area contributed by atoms with Crippen LogP contribution in [0, 0.1) is 0 Å². The lowest BCUT2D eigenvalue weighted by atomic mass is 10.1. The minimum Gasteiger partial charge on any atom is -0.490 e. The molecule has 0 spiro atoms. The lowest BCUT2D eigenvalue weighted by molar-refractivity contribution is 0.190. The SMILES string of the molecule is CCOc1cccc(CNC[C@@H](C)O)c1OCc1ccccc1. The van der Waals surface area contributed by atoms with E-state index in [1.54, 1.807) is 6.92 Å². The Hall–Kier alpha value is -2.04. The number of nitrogens with one attached hydrogen (secondary N) is 1. The zero-order chi connectivity index (χ0) is 16.5. The number of hydrogen-bond acceptors (Lipinski definition) is 4. The van der Waals surface area contributed by atoms with E-state index in [9.17, 15) is 5.11 Å². The molecule has 0 unspecified atom stereocenters. The molecule has 1 atom stereocenters. The molecule has 0 radical (unpaired) electrons. The van der Waals surface area contributed by atoms with Gasteiger partial charge in [-0.1, -0.05) is 42.5 Å². The van der Waals surface area contributed by atoms with Crippen LogP contribution in [0.5, 0.6) is 11.5 Å². The van der Waals surface area contributed by atoms with Gasteiger partial charge in [-0.25, -0.2) is 0 Å². The predicted octanol–water partition coefficient (Wildman–Crippen LogP) is 3.13.